The summed E-state index contributed by atoms with van der Waals surface area (Å²) in [5.41, 5.74) is -0.366. The summed E-state index contributed by atoms with van der Waals surface area (Å²) >= 11 is 0. The smallest absolute Gasteiger partial charge is 0.381 e. The largest absolute Gasteiger partial charge is 0.472 e. The second-order valence-electron chi connectivity index (χ2n) is 3.01. The zero-order chi connectivity index (χ0) is 8.48. The molecule has 0 heterocycles. The molecule has 0 spiro atoms. The van der Waals surface area contributed by atoms with E-state index in [1.54, 1.807) is 6.92 Å². The number of carbonyl (C=O) groups is 2. The van der Waals surface area contributed by atoms with E-state index in [1.807, 2.05) is 5.92 Å². The first-order valence-corrected chi connectivity index (χ1v) is 3.30. The van der Waals surface area contributed by atoms with Gasteiger partial charge in [-0.2, -0.15) is 0 Å². The molecule has 0 atom stereocenters. The van der Waals surface area contributed by atoms with Crippen molar-refractivity contribution in [3.8, 4) is 11.8 Å². The second-order valence-corrected chi connectivity index (χ2v) is 3.01. The van der Waals surface area contributed by atoms with E-state index in [9.17, 15) is 9.59 Å². The molecule has 1 aliphatic rings. The van der Waals surface area contributed by atoms with Crippen LogP contribution in [0.4, 0.5) is 0 Å². The van der Waals surface area contributed by atoms with Crippen LogP contribution in [-0.4, -0.2) is 16.9 Å². The number of aliphatic carboxylic acids is 1. The van der Waals surface area contributed by atoms with Crippen molar-refractivity contribution in [1.29, 1.82) is 0 Å². The topological polar surface area (TPSA) is 54.4 Å². The number of hydrogen-bond acceptors (Lipinski definition) is 2. The predicted molar refractivity (Wildman–Crippen MR) is 37.8 cm³/mol. The zero-order valence-corrected chi connectivity index (χ0v) is 6.18. The molecule has 0 aromatic heterocycles. The summed E-state index contributed by atoms with van der Waals surface area (Å²) in [6.45, 7) is 1.80. The summed E-state index contributed by atoms with van der Waals surface area (Å²) < 4.78 is 0. The van der Waals surface area contributed by atoms with E-state index in [2.05, 4.69) is 5.92 Å². The molecule has 11 heavy (non-hydrogen) atoms. The lowest BCUT2D eigenvalue weighted by atomic mass is 9.70. The van der Waals surface area contributed by atoms with Crippen molar-refractivity contribution in [3.63, 3.8) is 0 Å². The fourth-order valence-corrected chi connectivity index (χ4v) is 1.11. The molecular weight excluding hydrogens is 144 g/mol. The maximum Gasteiger partial charge on any atom is 0.381 e. The second kappa shape index (κ2) is 2.39. The van der Waals surface area contributed by atoms with Crippen LogP contribution in [0.25, 0.3) is 0 Å². The van der Waals surface area contributed by atoms with Gasteiger partial charge in [0.2, 0.25) is 0 Å². The highest BCUT2D eigenvalue weighted by Gasteiger charge is 2.37. The number of ketones is 1. The van der Waals surface area contributed by atoms with Crippen LogP contribution >= 0.6 is 0 Å². The van der Waals surface area contributed by atoms with Gasteiger partial charge >= 0.3 is 5.97 Å². The summed E-state index contributed by atoms with van der Waals surface area (Å²) in [7, 11) is 0. The lowest BCUT2D eigenvalue weighted by Gasteiger charge is -2.30. The highest BCUT2D eigenvalue weighted by Crippen LogP contribution is 2.36. The SMILES string of the molecule is CC1(C#CC(=O)O)CC(=O)C1. The monoisotopic (exact) mass is 152 g/mol. The minimum Gasteiger partial charge on any atom is -0.472 e. The molecule has 0 aliphatic heterocycles. The molecule has 0 saturated heterocycles. The van der Waals surface area contributed by atoms with Gasteiger partial charge in [0.15, 0.2) is 0 Å². The maximum atomic E-state index is 10.5. The Morgan fingerprint density at radius 2 is 2.18 bits per heavy atom. The summed E-state index contributed by atoms with van der Waals surface area (Å²) in [4.78, 5) is 20.6. The van der Waals surface area contributed by atoms with Gasteiger partial charge in [-0.1, -0.05) is 5.92 Å². The Bertz CT molecular complexity index is 259. The molecule has 0 radical (unpaired) electrons. The van der Waals surface area contributed by atoms with Crippen LogP contribution in [0.5, 0.6) is 0 Å². The molecule has 1 aliphatic carbocycles. The Labute approximate surface area is 64.4 Å². The Hall–Kier alpha value is -1.30. The fourth-order valence-electron chi connectivity index (χ4n) is 1.11. The molecule has 1 N–H and O–H groups in total. The van der Waals surface area contributed by atoms with Crippen LogP contribution in [0.3, 0.4) is 0 Å². The highest BCUT2D eigenvalue weighted by molar-refractivity contribution is 5.90. The van der Waals surface area contributed by atoms with Gasteiger partial charge < -0.3 is 5.11 Å². The van der Waals surface area contributed by atoms with Gasteiger partial charge in [-0.05, 0) is 6.92 Å². The lowest BCUT2D eigenvalue weighted by molar-refractivity contribution is -0.131. The molecule has 1 fully saturated rings. The van der Waals surface area contributed by atoms with Crippen molar-refractivity contribution < 1.29 is 14.7 Å². The van der Waals surface area contributed by atoms with Crippen LogP contribution in [0.1, 0.15) is 19.8 Å². The van der Waals surface area contributed by atoms with E-state index < -0.39 is 5.97 Å². The number of carboxylic acids is 1. The molecule has 1 rings (SSSR count). The summed E-state index contributed by atoms with van der Waals surface area (Å²) in [6, 6.07) is 0. The molecule has 1 saturated carbocycles. The molecule has 0 aromatic carbocycles. The average Bonchev–Trinajstić information content (AvgIpc) is 1.81. The number of rotatable bonds is 0. The maximum absolute atomic E-state index is 10.5. The normalized spacial score (nSPS) is 19.5. The van der Waals surface area contributed by atoms with E-state index in [4.69, 9.17) is 5.11 Å². The van der Waals surface area contributed by atoms with Gasteiger partial charge in [0.1, 0.15) is 5.78 Å². The van der Waals surface area contributed by atoms with Gasteiger partial charge in [0, 0.05) is 24.2 Å². The Balaban J connectivity index is 2.58. The molecule has 3 heteroatoms. The molecule has 0 amide bonds. The van der Waals surface area contributed by atoms with E-state index in [1.165, 1.54) is 0 Å². The van der Waals surface area contributed by atoms with Crippen molar-refractivity contribution in [2.45, 2.75) is 19.8 Å². The van der Waals surface area contributed by atoms with Crippen molar-refractivity contribution in [1.82, 2.24) is 0 Å². The molecule has 0 aromatic rings. The van der Waals surface area contributed by atoms with Gasteiger partial charge in [-0.3, -0.25) is 4.79 Å². The number of carbonyl (C=O) groups excluding carboxylic acids is 1. The van der Waals surface area contributed by atoms with E-state index in [0.717, 1.165) is 0 Å². The average molecular weight is 152 g/mol. The molecule has 0 bridgehead atoms. The summed E-state index contributed by atoms with van der Waals surface area (Å²) in [5, 5.41) is 8.20. The van der Waals surface area contributed by atoms with Crippen molar-refractivity contribution in [3.05, 3.63) is 0 Å². The highest BCUT2D eigenvalue weighted by atomic mass is 16.4. The van der Waals surface area contributed by atoms with Crippen LogP contribution in [0.2, 0.25) is 0 Å². The summed E-state index contributed by atoms with van der Waals surface area (Å²) in [5.74, 6) is 3.60. The minimum absolute atomic E-state index is 0.159. The van der Waals surface area contributed by atoms with Crippen LogP contribution in [-0.2, 0) is 9.59 Å². The van der Waals surface area contributed by atoms with E-state index in [0.29, 0.717) is 12.8 Å². The van der Waals surface area contributed by atoms with Crippen LogP contribution in [0, 0.1) is 17.3 Å². The standard InChI is InChI=1S/C8H8O3/c1-8(3-2-7(10)11)4-6(9)5-8/h4-5H2,1H3,(H,10,11). The quantitative estimate of drug-likeness (QED) is 0.512. The first-order chi connectivity index (χ1) is 5.02. The molecule has 3 nitrogen and oxygen atoms in total. The van der Waals surface area contributed by atoms with Crippen LogP contribution < -0.4 is 0 Å². The summed E-state index contributed by atoms with van der Waals surface area (Å²) in [6.07, 6.45) is 0.792. The molecular formula is C8H8O3. The molecule has 0 unspecified atom stereocenters. The predicted octanol–water partition coefficient (Wildman–Crippen LogP) is 0.444. The third kappa shape index (κ3) is 1.81. The van der Waals surface area contributed by atoms with Gasteiger partial charge in [-0.25, -0.2) is 4.79 Å². The van der Waals surface area contributed by atoms with Crippen LogP contribution in [0.15, 0.2) is 0 Å². The Kier molecular flexibility index (Phi) is 1.69. The van der Waals surface area contributed by atoms with Crippen molar-refractivity contribution in [2.75, 3.05) is 0 Å². The zero-order valence-electron chi connectivity index (χ0n) is 6.18. The lowest BCUT2D eigenvalue weighted by Crippen LogP contribution is -2.33. The fraction of sp³-hybridized carbons (Fsp3) is 0.500. The van der Waals surface area contributed by atoms with E-state index >= 15 is 0 Å². The minimum atomic E-state index is -1.13. The van der Waals surface area contributed by atoms with Gasteiger partial charge in [0.05, 0.1) is 0 Å². The number of carboxylic acid groups (broad SMARTS) is 1. The third-order valence-corrected chi connectivity index (χ3v) is 1.65. The van der Waals surface area contributed by atoms with Gasteiger partial charge in [-0.15, -0.1) is 0 Å². The first-order valence-electron chi connectivity index (χ1n) is 3.30. The number of Topliss-reactive ketones (excluding diaryl/α,β-unsaturated/α-hetero) is 1. The number of hydrogen-bond donors (Lipinski definition) is 1. The Morgan fingerprint density at radius 3 is 2.55 bits per heavy atom. The first kappa shape index (κ1) is 7.80. The molecule has 58 valence electrons. The van der Waals surface area contributed by atoms with Crippen molar-refractivity contribution >= 4 is 11.8 Å². The van der Waals surface area contributed by atoms with Crippen molar-refractivity contribution in [2.24, 2.45) is 5.41 Å². The third-order valence-electron chi connectivity index (χ3n) is 1.65. The van der Waals surface area contributed by atoms with Gasteiger partial charge in [0.25, 0.3) is 0 Å². The van der Waals surface area contributed by atoms with E-state index in [-0.39, 0.29) is 11.2 Å². The Morgan fingerprint density at radius 1 is 1.64 bits per heavy atom.